The molecule has 3 heterocycles. The van der Waals surface area contributed by atoms with Gasteiger partial charge in [0.25, 0.3) is 0 Å². The molecule has 0 aliphatic heterocycles. The quantitative estimate of drug-likeness (QED) is 0.372. The monoisotopic (exact) mass is 453 g/mol. The van der Waals surface area contributed by atoms with Gasteiger partial charge in [-0.25, -0.2) is 9.97 Å². The summed E-state index contributed by atoms with van der Waals surface area (Å²) in [5.74, 6) is 2.26. The molecule has 1 aliphatic rings. The molecule has 0 saturated heterocycles. The molecular weight excluding hydrogens is 426 g/mol. The summed E-state index contributed by atoms with van der Waals surface area (Å²) in [5, 5.41) is 18.3. The van der Waals surface area contributed by atoms with Crippen LogP contribution in [-0.2, 0) is 13.5 Å². The lowest BCUT2D eigenvalue weighted by Crippen LogP contribution is -2.33. The van der Waals surface area contributed by atoms with E-state index in [2.05, 4.69) is 43.9 Å². The van der Waals surface area contributed by atoms with Gasteiger partial charge in [-0.3, -0.25) is 0 Å². The molecule has 34 heavy (non-hydrogen) atoms. The van der Waals surface area contributed by atoms with Crippen LogP contribution in [0.1, 0.15) is 37.1 Å². The van der Waals surface area contributed by atoms with Crippen molar-refractivity contribution in [1.82, 2.24) is 35.2 Å². The molecule has 1 aliphatic carbocycles. The maximum Gasteiger partial charge on any atom is 0.204 e. The molecule has 0 radical (unpaired) electrons. The third-order valence-electron chi connectivity index (χ3n) is 6.58. The highest BCUT2D eigenvalue weighted by molar-refractivity contribution is 6.11. The second kappa shape index (κ2) is 8.49. The van der Waals surface area contributed by atoms with Crippen LogP contribution in [0.3, 0.4) is 0 Å². The van der Waals surface area contributed by atoms with Gasteiger partial charge in [0.1, 0.15) is 17.3 Å². The maximum absolute atomic E-state index is 6.14. The van der Waals surface area contributed by atoms with Crippen LogP contribution in [0, 0.1) is 0 Å². The highest BCUT2D eigenvalue weighted by Gasteiger charge is 2.22. The predicted octanol–water partition coefficient (Wildman–Crippen LogP) is 3.57. The fourth-order valence-corrected chi connectivity index (χ4v) is 4.80. The van der Waals surface area contributed by atoms with E-state index in [1.165, 1.54) is 10.4 Å². The van der Waals surface area contributed by atoms with Crippen LogP contribution in [0.25, 0.3) is 33.3 Å². The van der Waals surface area contributed by atoms with Crippen molar-refractivity contribution in [1.29, 1.82) is 0 Å². The van der Waals surface area contributed by atoms with Gasteiger partial charge in [0.2, 0.25) is 5.82 Å². The van der Waals surface area contributed by atoms with E-state index in [-0.39, 0.29) is 0 Å². The van der Waals surface area contributed by atoms with Gasteiger partial charge >= 0.3 is 0 Å². The fraction of sp³-hybridized carbons (Fsp3) is 0.320. The number of aryl methyl sites for hydroxylation is 1. The maximum atomic E-state index is 6.14. The number of hydrogen-bond acceptors (Lipinski definition) is 7. The summed E-state index contributed by atoms with van der Waals surface area (Å²) in [6.07, 6.45) is 4.83. The van der Waals surface area contributed by atoms with Crippen LogP contribution in [0.4, 0.5) is 5.82 Å². The summed E-state index contributed by atoms with van der Waals surface area (Å²) in [6.45, 7) is 0. The van der Waals surface area contributed by atoms with E-state index in [4.69, 9.17) is 15.7 Å². The van der Waals surface area contributed by atoms with E-state index in [9.17, 15) is 0 Å². The zero-order chi connectivity index (χ0) is 23.1. The van der Waals surface area contributed by atoms with E-state index in [1.54, 1.807) is 7.05 Å². The minimum atomic E-state index is 0.304. The van der Waals surface area contributed by atoms with Crippen LogP contribution >= 0.6 is 0 Å². The Kier molecular flexibility index (Phi) is 5.18. The summed E-state index contributed by atoms with van der Waals surface area (Å²) < 4.78 is 0. The van der Waals surface area contributed by atoms with E-state index >= 15 is 0 Å². The van der Waals surface area contributed by atoms with Crippen LogP contribution in [-0.4, -0.2) is 47.2 Å². The molecule has 0 amide bonds. The summed E-state index contributed by atoms with van der Waals surface area (Å²) >= 11 is 0. The second-order valence-corrected chi connectivity index (χ2v) is 9.12. The van der Waals surface area contributed by atoms with Crippen LogP contribution < -0.4 is 11.1 Å². The van der Waals surface area contributed by atoms with Crippen LogP contribution in [0.2, 0.25) is 0 Å². The van der Waals surface area contributed by atoms with Gasteiger partial charge in [-0.15, -0.1) is 10.2 Å². The zero-order valence-corrected chi connectivity index (χ0v) is 19.1. The summed E-state index contributed by atoms with van der Waals surface area (Å²) in [5.41, 5.74) is 10.0. The molecule has 9 nitrogen and oxygen atoms in total. The first-order chi connectivity index (χ1) is 16.6. The lowest BCUT2D eigenvalue weighted by molar-refractivity contribution is 0.410. The van der Waals surface area contributed by atoms with Crippen molar-refractivity contribution in [2.45, 2.75) is 44.2 Å². The van der Waals surface area contributed by atoms with Crippen molar-refractivity contribution in [3.05, 3.63) is 59.9 Å². The van der Waals surface area contributed by atoms with E-state index in [0.717, 1.165) is 64.8 Å². The molecule has 0 spiro atoms. The molecule has 0 atom stereocenters. The first-order valence-electron chi connectivity index (χ1n) is 11.7. The van der Waals surface area contributed by atoms with Gasteiger partial charge in [0.15, 0.2) is 0 Å². The average molecular weight is 454 g/mol. The molecule has 5 aromatic rings. The lowest BCUT2D eigenvalue weighted by atomic mass is 9.92. The van der Waals surface area contributed by atoms with Crippen molar-refractivity contribution < 1.29 is 0 Å². The number of hydrogen-bond donors (Lipinski definition) is 3. The average Bonchev–Trinajstić information content (AvgIpc) is 3.44. The Morgan fingerprint density at radius 2 is 1.88 bits per heavy atom. The van der Waals surface area contributed by atoms with Gasteiger partial charge in [-0.05, 0) is 42.5 Å². The molecule has 4 N–H and O–H groups in total. The molecule has 1 saturated carbocycles. The number of aromatic amines is 1. The number of rotatable bonds is 5. The fourth-order valence-electron chi connectivity index (χ4n) is 4.80. The van der Waals surface area contributed by atoms with Crippen molar-refractivity contribution in [2.24, 2.45) is 12.8 Å². The third kappa shape index (κ3) is 3.99. The molecule has 0 bridgehead atoms. The number of nitrogens with zero attached hydrogens (tertiary/aromatic N) is 6. The molecule has 1 fully saturated rings. The topological polar surface area (TPSA) is 123 Å². The SMILES string of the molecule is Cn1nnc(-c2ccc3c(c2)[nH]c2nc(Cc4ccccc4)nc(N[C@H]4CC[C@@H](N)CC4)c23)n1. The normalized spacial score (nSPS) is 18.5. The van der Waals surface area contributed by atoms with Crippen molar-refractivity contribution in [3.63, 3.8) is 0 Å². The molecule has 0 unspecified atom stereocenters. The highest BCUT2D eigenvalue weighted by atomic mass is 15.6. The molecule has 3 aromatic heterocycles. The first-order valence-corrected chi connectivity index (χ1v) is 11.7. The van der Waals surface area contributed by atoms with Crippen molar-refractivity contribution in [2.75, 3.05) is 5.32 Å². The van der Waals surface area contributed by atoms with Crippen LogP contribution in [0.5, 0.6) is 0 Å². The number of benzene rings is 2. The van der Waals surface area contributed by atoms with Gasteiger partial charge < -0.3 is 16.0 Å². The molecule has 172 valence electrons. The van der Waals surface area contributed by atoms with Crippen molar-refractivity contribution >= 4 is 27.8 Å². The minimum Gasteiger partial charge on any atom is -0.367 e. The third-order valence-corrected chi connectivity index (χ3v) is 6.58. The molecular formula is C25H27N9. The highest BCUT2D eigenvalue weighted by Crippen LogP contribution is 2.33. The number of anilines is 1. The van der Waals surface area contributed by atoms with Crippen molar-refractivity contribution in [3.8, 4) is 11.4 Å². The Bertz CT molecular complexity index is 1450. The largest absolute Gasteiger partial charge is 0.367 e. The van der Waals surface area contributed by atoms with Gasteiger partial charge in [-0.1, -0.05) is 42.5 Å². The van der Waals surface area contributed by atoms with Gasteiger partial charge in [0, 0.05) is 35.0 Å². The minimum absolute atomic E-state index is 0.304. The summed E-state index contributed by atoms with van der Waals surface area (Å²) in [7, 11) is 1.76. The van der Waals surface area contributed by atoms with Gasteiger partial charge in [-0.2, -0.15) is 4.80 Å². The summed E-state index contributed by atoms with van der Waals surface area (Å²) in [4.78, 5) is 14.9. The Morgan fingerprint density at radius 1 is 1.06 bits per heavy atom. The number of nitrogens with two attached hydrogens (primary N) is 1. The molecule has 9 heteroatoms. The predicted molar refractivity (Wildman–Crippen MR) is 132 cm³/mol. The van der Waals surface area contributed by atoms with E-state index in [0.29, 0.717) is 24.3 Å². The molecule has 6 rings (SSSR count). The number of aromatic nitrogens is 7. The Hall–Kier alpha value is -3.85. The van der Waals surface area contributed by atoms with E-state index < -0.39 is 0 Å². The van der Waals surface area contributed by atoms with E-state index in [1.807, 2.05) is 30.3 Å². The molecule has 2 aromatic carbocycles. The van der Waals surface area contributed by atoms with Crippen LogP contribution in [0.15, 0.2) is 48.5 Å². The second-order valence-electron chi connectivity index (χ2n) is 9.12. The van der Waals surface area contributed by atoms with Gasteiger partial charge in [0.05, 0.1) is 12.4 Å². The Balaban J connectivity index is 1.44. The Morgan fingerprint density at radius 3 is 2.65 bits per heavy atom. The first kappa shape index (κ1) is 20.7. The number of H-pyrrole nitrogens is 1. The summed E-state index contributed by atoms with van der Waals surface area (Å²) in [6, 6.07) is 17.1. The number of tetrazole rings is 1. The Labute approximate surface area is 196 Å². The lowest BCUT2D eigenvalue weighted by Gasteiger charge is -2.27. The number of nitrogens with one attached hydrogen (secondary N) is 2. The number of fused-ring (bicyclic) bond motifs is 3. The smallest absolute Gasteiger partial charge is 0.204 e. The standard InChI is InChI=1S/C25H27N9/c1-34-32-23(31-33-34)16-7-12-19-20(14-16)28-25-22(19)24(27-18-10-8-17(26)9-11-18)29-21(30-25)13-15-5-3-2-4-6-15/h2-7,12,14,17-18H,8-11,13,26H2,1H3,(H2,27,28,29,30)/t17-,18+. The zero-order valence-electron chi connectivity index (χ0n) is 19.1.